The third-order valence-electron chi connectivity index (χ3n) is 4.69. The van der Waals surface area contributed by atoms with Crippen molar-refractivity contribution in [3.8, 4) is 5.75 Å². The molecule has 0 N–H and O–H groups in total. The third kappa shape index (κ3) is 3.84. The quantitative estimate of drug-likeness (QED) is 0.270. The average molecular weight is 496 g/mol. The highest BCUT2D eigenvalue weighted by Gasteiger charge is 2.47. The molecule has 1 heterocycles. The first-order valence-corrected chi connectivity index (χ1v) is 9.81. The molecule has 0 saturated carbocycles. The van der Waals surface area contributed by atoms with E-state index < -0.39 is 29.7 Å². The van der Waals surface area contributed by atoms with E-state index in [1.165, 1.54) is 7.11 Å². The molecule has 0 radical (unpaired) electrons. The van der Waals surface area contributed by atoms with E-state index >= 15 is 0 Å². The maximum atomic E-state index is 13.1. The molecule has 0 aromatic heterocycles. The summed E-state index contributed by atoms with van der Waals surface area (Å²) in [5.41, 5.74) is 1.13. The maximum Gasteiger partial charge on any atom is 0.326 e. The molecule has 2 aromatic rings. The minimum Gasteiger partial charge on any atom is -0.468 e. The number of ether oxygens (including phenoxy) is 2. The van der Waals surface area contributed by atoms with Crippen molar-refractivity contribution in [3.05, 3.63) is 62.5 Å². The predicted molar refractivity (Wildman–Crippen MR) is 106 cm³/mol. The number of hydrogen-bond donors (Lipinski definition) is 0. The summed E-state index contributed by atoms with van der Waals surface area (Å²) < 4.78 is 11.8. The van der Waals surface area contributed by atoms with E-state index in [-0.39, 0.29) is 5.78 Å². The Kier molecular flexibility index (Phi) is 5.81. The zero-order valence-electron chi connectivity index (χ0n) is 14.6. The standard InChI is InChI=1S/C20H16Br2O5/c1-10(18(23)11-3-5-12(21)6-4-11)16-14-9-13(22)7-8-15(14)27-20(25)17(16)19(24)26-2/h3-10,16-17H,1-2H3. The molecule has 0 saturated heterocycles. The van der Waals surface area contributed by atoms with Crippen LogP contribution in [0.25, 0.3) is 0 Å². The van der Waals surface area contributed by atoms with Crippen molar-refractivity contribution < 1.29 is 23.9 Å². The summed E-state index contributed by atoms with van der Waals surface area (Å²) in [6.07, 6.45) is 0. The molecule has 5 nitrogen and oxygen atoms in total. The van der Waals surface area contributed by atoms with Crippen LogP contribution in [0, 0.1) is 11.8 Å². The van der Waals surface area contributed by atoms with E-state index in [0.29, 0.717) is 16.9 Å². The van der Waals surface area contributed by atoms with Crippen LogP contribution in [-0.2, 0) is 14.3 Å². The molecule has 0 fully saturated rings. The van der Waals surface area contributed by atoms with Crippen LogP contribution in [0.15, 0.2) is 51.4 Å². The minimum atomic E-state index is -1.20. The van der Waals surface area contributed by atoms with Gasteiger partial charge < -0.3 is 9.47 Å². The number of rotatable bonds is 4. The lowest BCUT2D eigenvalue weighted by atomic mass is 9.73. The van der Waals surface area contributed by atoms with Gasteiger partial charge in [-0.15, -0.1) is 0 Å². The van der Waals surface area contributed by atoms with Crippen LogP contribution in [0.5, 0.6) is 5.75 Å². The molecule has 27 heavy (non-hydrogen) atoms. The summed E-state index contributed by atoms with van der Waals surface area (Å²) >= 11 is 6.74. The number of carbonyl (C=O) groups excluding carboxylic acids is 3. The molecule has 0 spiro atoms. The van der Waals surface area contributed by atoms with Crippen LogP contribution in [0.3, 0.4) is 0 Å². The topological polar surface area (TPSA) is 69.7 Å². The van der Waals surface area contributed by atoms with Crippen molar-refractivity contribution in [2.45, 2.75) is 12.8 Å². The van der Waals surface area contributed by atoms with Crippen molar-refractivity contribution in [2.75, 3.05) is 7.11 Å². The molecule has 1 aliphatic rings. The lowest BCUT2D eigenvalue weighted by Crippen LogP contribution is -2.42. The van der Waals surface area contributed by atoms with Crippen molar-refractivity contribution in [1.29, 1.82) is 0 Å². The summed E-state index contributed by atoms with van der Waals surface area (Å²) in [5, 5.41) is 0. The molecule has 3 unspecified atom stereocenters. The summed E-state index contributed by atoms with van der Waals surface area (Å²) in [5.74, 6) is -3.78. The van der Waals surface area contributed by atoms with E-state index in [0.717, 1.165) is 8.95 Å². The Balaban J connectivity index is 2.08. The van der Waals surface area contributed by atoms with Crippen LogP contribution < -0.4 is 4.74 Å². The first kappa shape index (κ1) is 19.8. The Morgan fingerprint density at radius 1 is 1.07 bits per heavy atom. The second kappa shape index (κ2) is 7.94. The van der Waals surface area contributed by atoms with Gasteiger partial charge in [0.15, 0.2) is 11.7 Å². The van der Waals surface area contributed by atoms with Gasteiger partial charge in [-0.2, -0.15) is 0 Å². The Morgan fingerprint density at radius 2 is 1.70 bits per heavy atom. The molecule has 3 atom stereocenters. The molecule has 0 bridgehead atoms. The highest BCUT2D eigenvalue weighted by molar-refractivity contribution is 9.10. The van der Waals surface area contributed by atoms with Gasteiger partial charge in [0.2, 0.25) is 0 Å². The summed E-state index contributed by atoms with van der Waals surface area (Å²) in [6, 6.07) is 12.1. The summed E-state index contributed by atoms with van der Waals surface area (Å²) in [6.45, 7) is 1.72. The molecule has 1 aliphatic heterocycles. The Hall–Kier alpha value is -1.99. The second-order valence-corrected chi connectivity index (χ2v) is 8.12. The van der Waals surface area contributed by atoms with Crippen LogP contribution >= 0.6 is 31.9 Å². The van der Waals surface area contributed by atoms with E-state index in [1.54, 1.807) is 49.4 Å². The number of halogens is 2. The molecular weight excluding hydrogens is 480 g/mol. The number of methoxy groups -OCH3 is 1. The van der Waals surface area contributed by atoms with Crippen molar-refractivity contribution >= 4 is 49.6 Å². The number of hydrogen-bond acceptors (Lipinski definition) is 5. The fourth-order valence-corrected chi connectivity index (χ4v) is 3.98. The lowest BCUT2D eigenvalue weighted by Gasteiger charge is -2.33. The van der Waals surface area contributed by atoms with Gasteiger partial charge in [0.05, 0.1) is 7.11 Å². The van der Waals surface area contributed by atoms with E-state index in [9.17, 15) is 14.4 Å². The average Bonchev–Trinajstić information content (AvgIpc) is 2.66. The Bertz CT molecular complexity index is 907. The normalized spacial score (nSPS) is 19.6. The molecule has 7 heteroatoms. The fraction of sp³-hybridized carbons (Fsp3) is 0.250. The van der Waals surface area contributed by atoms with Crippen LogP contribution in [0.2, 0.25) is 0 Å². The van der Waals surface area contributed by atoms with Gasteiger partial charge >= 0.3 is 11.9 Å². The largest absolute Gasteiger partial charge is 0.468 e. The number of benzene rings is 2. The van der Waals surface area contributed by atoms with Crippen molar-refractivity contribution in [3.63, 3.8) is 0 Å². The number of ketones is 1. The SMILES string of the molecule is COC(=O)C1C(=O)Oc2ccc(Br)cc2C1C(C)C(=O)c1ccc(Br)cc1. The highest BCUT2D eigenvalue weighted by Crippen LogP contribution is 2.44. The van der Waals surface area contributed by atoms with Crippen LogP contribution in [-0.4, -0.2) is 24.8 Å². The smallest absolute Gasteiger partial charge is 0.326 e. The number of carbonyl (C=O) groups is 3. The fourth-order valence-electron chi connectivity index (χ4n) is 3.34. The van der Waals surface area contributed by atoms with E-state index in [1.807, 2.05) is 0 Å². The minimum absolute atomic E-state index is 0.165. The molecule has 140 valence electrons. The van der Waals surface area contributed by atoms with Gasteiger partial charge in [0.25, 0.3) is 0 Å². The van der Waals surface area contributed by atoms with Gasteiger partial charge in [-0.05, 0) is 30.3 Å². The zero-order chi connectivity index (χ0) is 19.7. The van der Waals surface area contributed by atoms with Gasteiger partial charge in [0.1, 0.15) is 5.75 Å². The van der Waals surface area contributed by atoms with Crippen LogP contribution in [0.4, 0.5) is 0 Å². The van der Waals surface area contributed by atoms with Gasteiger partial charge in [-0.1, -0.05) is 50.9 Å². The van der Waals surface area contributed by atoms with Crippen LogP contribution in [0.1, 0.15) is 28.8 Å². The first-order valence-electron chi connectivity index (χ1n) is 8.22. The number of esters is 2. The van der Waals surface area contributed by atoms with Gasteiger partial charge in [0, 0.05) is 31.9 Å². The number of fused-ring (bicyclic) bond motifs is 1. The lowest BCUT2D eigenvalue weighted by molar-refractivity contribution is -0.158. The Morgan fingerprint density at radius 3 is 2.33 bits per heavy atom. The highest BCUT2D eigenvalue weighted by atomic mass is 79.9. The molecule has 0 amide bonds. The molecule has 0 aliphatic carbocycles. The van der Waals surface area contributed by atoms with Gasteiger partial charge in [-0.3, -0.25) is 14.4 Å². The van der Waals surface area contributed by atoms with E-state index in [2.05, 4.69) is 31.9 Å². The zero-order valence-corrected chi connectivity index (χ0v) is 17.7. The first-order chi connectivity index (χ1) is 12.8. The molecule has 3 rings (SSSR count). The van der Waals surface area contributed by atoms with Crippen molar-refractivity contribution in [1.82, 2.24) is 0 Å². The summed E-state index contributed by atoms with van der Waals surface area (Å²) in [7, 11) is 1.21. The van der Waals surface area contributed by atoms with E-state index in [4.69, 9.17) is 9.47 Å². The Labute approximate surface area is 173 Å². The number of Topliss-reactive ketones (excluding diaryl/α,β-unsaturated/α-hetero) is 1. The predicted octanol–water partition coefficient (Wildman–Crippen LogP) is 4.52. The maximum absolute atomic E-state index is 13.1. The molecular formula is C20H16Br2O5. The summed E-state index contributed by atoms with van der Waals surface area (Å²) in [4.78, 5) is 37.9. The monoisotopic (exact) mass is 494 g/mol. The molecule has 2 aromatic carbocycles. The van der Waals surface area contributed by atoms with Crippen molar-refractivity contribution in [2.24, 2.45) is 11.8 Å². The third-order valence-corrected chi connectivity index (χ3v) is 5.71. The van der Waals surface area contributed by atoms with Gasteiger partial charge in [-0.25, -0.2) is 0 Å². The second-order valence-electron chi connectivity index (χ2n) is 6.29.